The van der Waals surface area contributed by atoms with Crippen molar-refractivity contribution in [3.05, 3.63) is 551 Å². The lowest BCUT2D eigenvalue weighted by atomic mass is 9.92. The Labute approximate surface area is 793 Å². The van der Waals surface area contributed by atoms with Crippen molar-refractivity contribution in [2.24, 2.45) is 0 Å². The van der Waals surface area contributed by atoms with Crippen molar-refractivity contribution in [2.75, 3.05) is 14.7 Å². The molecule has 24 rings (SSSR count). The summed E-state index contributed by atoms with van der Waals surface area (Å²) in [6.07, 6.45) is 0. The molecular weight excluding hydrogens is 1680 g/mol. The molecule has 0 bridgehead atoms. The van der Waals surface area contributed by atoms with Crippen LogP contribution in [-0.4, -0.2) is 13.7 Å². The van der Waals surface area contributed by atoms with Crippen LogP contribution in [0.25, 0.3) is 154 Å². The molecule has 0 aliphatic carbocycles. The topological polar surface area (TPSA) is 28.9 Å². The van der Waals surface area contributed by atoms with Gasteiger partial charge >= 0.3 is 0 Å². The fraction of sp³-hybridized carbons (Fsp3) is 0. The standard InChI is InChI=1S/C43H29N3.C42H28F2N2.C42H29FN2/c1-44-33-23-27-37(28-24-33)45(34-15-7-3-8-16-34)36-25-21-32(22-26-36)39-29-41-38-19-11-12-20-42(38)46(35-17-9-4-10-18-35)43(41)30-40(39)31-13-5-2-6-14-31;43-31-17-23-35(24-18-31)45(36-25-19-32(44)20-26-36)34-21-15-30(16-22-34)38-27-40-37-13-7-8-14-41(37)46(33-11-5-2-6-12-33)42(40)28-39(38)29-9-3-1-4-10-29;43-32-15-12-20-36(27-32)44(33-16-6-2-7-17-33)35-25-23-31(24-26-35)38-28-40-37-21-10-11-22-41(37)45(34-18-8-3-9-19-34)42(40)29-39(38)30-13-4-1-5-14-30/h2-30H;1-28H;1-29H. The van der Waals surface area contributed by atoms with Crippen molar-refractivity contribution in [3.8, 4) is 83.8 Å². The Kier molecular flexibility index (Phi) is 23.1. The number of aromatic nitrogens is 3. The van der Waals surface area contributed by atoms with Crippen LogP contribution in [0.3, 0.4) is 0 Å². The molecule has 0 N–H and O–H groups in total. The van der Waals surface area contributed by atoms with Crippen molar-refractivity contribution < 1.29 is 13.2 Å². The summed E-state index contributed by atoms with van der Waals surface area (Å²) in [5, 5.41) is 7.25. The van der Waals surface area contributed by atoms with Gasteiger partial charge in [-0.3, -0.25) is 0 Å². The van der Waals surface area contributed by atoms with E-state index in [4.69, 9.17) is 6.57 Å². The van der Waals surface area contributed by atoms with Crippen molar-refractivity contribution in [1.82, 2.24) is 13.7 Å². The van der Waals surface area contributed by atoms with Crippen LogP contribution in [0, 0.1) is 24.0 Å². The highest BCUT2D eigenvalue weighted by Crippen LogP contribution is 2.49. The first-order valence-corrected chi connectivity index (χ1v) is 45.8. The minimum atomic E-state index is -0.310. The van der Waals surface area contributed by atoms with Gasteiger partial charge in [-0.15, -0.1) is 0 Å². The predicted molar refractivity (Wildman–Crippen MR) is 565 cm³/mol. The summed E-state index contributed by atoms with van der Waals surface area (Å²) >= 11 is 0. The molecule has 10 heteroatoms. The molecule has 0 spiro atoms. The third-order valence-electron chi connectivity index (χ3n) is 25.5. The lowest BCUT2D eigenvalue weighted by Crippen LogP contribution is -2.09. The third-order valence-corrected chi connectivity index (χ3v) is 25.5. The van der Waals surface area contributed by atoms with Gasteiger partial charge in [-0.2, -0.15) is 0 Å². The van der Waals surface area contributed by atoms with Gasteiger partial charge in [0.1, 0.15) is 17.5 Å². The summed E-state index contributed by atoms with van der Waals surface area (Å²) in [7, 11) is 0. The Morgan fingerprint density at radius 3 is 0.686 bits per heavy atom. The number of halogens is 3. The fourth-order valence-electron chi connectivity index (χ4n) is 19.2. The van der Waals surface area contributed by atoms with E-state index in [1.54, 1.807) is 36.4 Å². The van der Waals surface area contributed by atoms with Crippen LogP contribution >= 0.6 is 0 Å². The lowest BCUT2D eigenvalue weighted by Gasteiger charge is -2.26. The van der Waals surface area contributed by atoms with Crippen LogP contribution in [0.2, 0.25) is 0 Å². The first kappa shape index (κ1) is 84.3. The number of hydrogen-bond acceptors (Lipinski definition) is 3. The third kappa shape index (κ3) is 16.8. The van der Waals surface area contributed by atoms with E-state index in [1.807, 2.05) is 83.8 Å². The van der Waals surface area contributed by atoms with Gasteiger partial charge in [0.15, 0.2) is 5.69 Å². The molecule has 0 aliphatic heterocycles. The average molecular weight is 1770 g/mol. The second-order valence-corrected chi connectivity index (χ2v) is 33.8. The largest absolute Gasteiger partial charge is 0.311 e. The molecular formula is C127H86F3N7. The highest BCUT2D eigenvalue weighted by atomic mass is 19.1. The maximum Gasteiger partial charge on any atom is 0.187 e. The number of anilines is 9. The maximum absolute atomic E-state index is 14.4. The summed E-state index contributed by atoms with van der Waals surface area (Å²) < 4.78 is 49.2. The van der Waals surface area contributed by atoms with Crippen molar-refractivity contribution >= 4 is 122 Å². The lowest BCUT2D eigenvalue weighted by molar-refractivity contribution is 0.627. The zero-order valence-electron chi connectivity index (χ0n) is 74.4. The van der Waals surface area contributed by atoms with Gasteiger partial charge in [0.25, 0.3) is 0 Å². The number of fused-ring (bicyclic) bond motifs is 9. The van der Waals surface area contributed by atoms with Gasteiger partial charge in [0.05, 0.1) is 39.7 Å². The molecule has 3 aromatic heterocycles. The molecule has 7 nitrogen and oxygen atoms in total. The van der Waals surface area contributed by atoms with Crippen LogP contribution in [0.4, 0.5) is 70.0 Å². The summed E-state index contributed by atoms with van der Waals surface area (Å²) in [6.45, 7) is 7.38. The van der Waals surface area contributed by atoms with E-state index in [2.05, 4.69) is 404 Å². The Balaban J connectivity index is 0.000000119. The van der Waals surface area contributed by atoms with E-state index < -0.39 is 0 Å². The SMILES string of the molecule is Fc1ccc(N(c2ccc(F)cc2)c2ccc(-c3cc4c5ccccc5n(-c5ccccc5)c4cc3-c3ccccc3)cc2)cc1.Fc1cccc(N(c2ccccc2)c2ccc(-c3cc4c5ccccc5n(-c5ccccc5)c4cc3-c3ccccc3)cc2)c1.[C-]#[N+]c1ccc(N(c2ccccc2)c2ccc(-c3cc4c5ccccc5n(-c5ccccc5)c4cc3-c3ccccc3)cc2)cc1. The molecule has 21 aromatic carbocycles. The van der Waals surface area contributed by atoms with E-state index in [-0.39, 0.29) is 17.5 Å². The summed E-state index contributed by atoms with van der Waals surface area (Å²) in [5.41, 5.74) is 33.1. The molecule has 0 unspecified atom stereocenters. The Hall–Kier alpha value is -18.3. The molecule has 0 aliphatic rings. The zero-order chi connectivity index (χ0) is 92.1. The Bertz CT molecular complexity index is 8430. The second-order valence-electron chi connectivity index (χ2n) is 33.8. The highest BCUT2D eigenvalue weighted by Gasteiger charge is 2.25. The Morgan fingerprint density at radius 1 is 0.168 bits per heavy atom. The molecule has 137 heavy (non-hydrogen) atoms. The van der Waals surface area contributed by atoms with Crippen LogP contribution in [0.1, 0.15) is 0 Å². The molecule has 0 saturated heterocycles. The molecule has 0 radical (unpaired) electrons. The molecule has 24 aromatic rings. The minimum Gasteiger partial charge on any atom is -0.311 e. The van der Waals surface area contributed by atoms with Gasteiger partial charge in [0.2, 0.25) is 0 Å². The monoisotopic (exact) mass is 1770 g/mol. The first-order valence-electron chi connectivity index (χ1n) is 45.8. The number of hydrogen-bond donors (Lipinski definition) is 0. The van der Waals surface area contributed by atoms with E-state index in [1.165, 1.54) is 107 Å². The van der Waals surface area contributed by atoms with Gasteiger partial charge in [-0.1, -0.05) is 291 Å². The zero-order valence-corrected chi connectivity index (χ0v) is 74.4. The summed E-state index contributed by atoms with van der Waals surface area (Å²) in [6, 6.07) is 177. The van der Waals surface area contributed by atoms with Crippen molar-refractivity contribution in [1.29, 1.82) is 0 Å². The van der Waals surface area contributed by atoms with E-state index >= 15 is 0 Å². The normalized spacial score (nSPS) is 11.2. The van der Waals surface area contributed by atoms with Gasteiger partial charge in [0, 0.05) is 101 Å². The first-order chi connectivity index (χ1) is 67.7. The van der Waals surface area contributed by atoms with Crippen LogP contribution in [0.15, 0.2) is 522 Å². The number of rotatable bonds is 18. The number of para-hydroxylation sites is 8. The Morgan fingerprint density at radius 2 is 0.394 bits per heavy atom. The van der Waals surface area contributed by atoms with Crippen LogP contribution < -0.4 is 14.7 Å². The van der Waals surface area contributed by atoms with Crippen molar-refractivity contribution in [2.45, 2.75) is 0 Å². The second kappa shape index (κ2) is 37.5. The summed E-state index contributed by atoms with van der Waals surface area (Å²) in [4.78, 5) is 9.89. The van der Waals surface area contributed by atoms with E-state index in [0.717, 1.165) is 124 Å². The quantitative estimate of drug-likeness (QED) is 0.0802. The van der Waals surface area contributed by atoms with Gasteiger partial charge in [-0.25, -0.2) is 18.0 Å². The molecule has 0 amide bonds. The minimum absolute atomic E-state index is 0.263. The molecule has 3 heterocycles. The maximum atomic E-state index is 14.4. The molecule has 0 atom stereocenters. The van der Waals surface area contributed by atoms with Crippen LogP contribution in [0.5, 0.6) is 0 Å². The van der Waals surface area contributed by atoms with Gasteiger partial charge < -0.3 is 28.4 Å². The fourth-order valence-corrected chi connectivity index (χ4v) is 19.2. The predicted octanol–water partition coefficient (Wildman–Crippen LogP) is 35.7. The van der Waals surface area contributed by atoms with E-state index in [0.29, 0.717) is 5.69 Å². The van der Waals surface area contributed by atoms with E-state index in [9.17, 15) is 13.2 Å². The highest BCUT2D eigenvalue weighted by molar-refractivity contribution is 6.16. The molecule has 650 valence electrons. The van der Waals surface area contributed by atoms with Gasteiger partial charge in [-0.05, 0) is 297 Å². The van der Waals surface area contributed by atoms with Crippen molar-refractivity contribution in [3.63, 3.8) is 0 Å². The summed E-state index contributed by atoms with van der Waals surface area (Å²) in [5.74, 6) is -0.883. The number of nitrogens with zero attached hydrogens (tertiary/aromatic N) is 7. The molecule has 0 saturated carbocycles. The smallest absolute Gasteiger partial charge is 0.187 e. The average Bonchev–Trinajstić information content (AvgIpc) is 1.58. The molecule has 0 fully saturated rings. The van der Waals surface area contributed by atoms with Crippen LogP contribution in [-0.2, 0) is 0 Å². The number of benzene rings is 21.